The lowest BCUT2D eigenvalue weighted by molar-refractivity contribution is 0.586. The minimum Gasteiger partial charge on any atom is -0.354 e. The Balaban J connectivity index is 2.29. The molecular formula is C12H18ClN3O2S. The third kappa shape index (κ3) is 3.36. The number of aromatic nitrogens is 2. The number of rotatable bonds is 3. The lowest BCUT2D eigenvalue weighted by atomic mass is 10.2. The summed E-state index contributed by atoms with van der Waals surface area (Å²) in [5, 5.41) is 0.460. The van der Waals surface area contributed by atoms with E-state index in [1.165, 1.54) is 0 Å². The van der Waals surface area contributed by atoms with Crippen molar-refractivity contribution in [2.75, 3.05) is 29.5 Å². The molecule has 1 saturated heterocycles. The molecule has 0 radical (unpaired) electrons. The predicted octanol–water partition coefficient (Wildman–Crippen LogP) is 1.63. The smallest absolute Gasteiger partial charge is 0.153 e. The van der Waals surface area contributed by atoms with E-state index in [1.54, 1.807) is 0 Å². The van der Waals surface area contributed by atoms with Gasteiger partial charge in [0.25, 0.3) is 0 Å². The van der Waals surface area contributed by atoms with E-state index in [0.29, 0.717) is 18.2 Å². The highest BCUT2D eigenvalue weighted by Crippen LogP contribution is 2.25. The molecule has 1 aromatic heterocycles. The molecule has 2 heterocycles. The van der Waals surface area contributed by atoms with Gasteiger partial charge in [-0.05, 0) is 13.3 Å². The summed E-state index contributed by atoms with van der Waals surface area (Å²) in [5.41, 5.74) is 0.820. The van der Waals surface area contributed by atoms with E-state index < -0.39 is 9.84 Å². The standard InChI is InChI=1S/C12H18ClN3O2S/c1-3-4-10-14-11(13)9(2)12(15-10)16-5-7-19(17,18)8-6-16/h3-8H2,1-2H3. The van der Waals surface area contributed by atoms with Crippen molar-refractivity contribution in [3.8, 4) is 0 Å². The Morgan fingerprint density at radius 3 is 2.47 bits per heavy atom. The largest absolute Gasteiger partial charge is 0.354 e. The van der Waals surface area contributed by atoms with Gasteiger partial charge >= 0.3 is 0 Å². The van der Waals surface area contributed by atoms with Crippen LogP contribution >= 0.6 is 11.6 Å². The molecule has 1 aliphatic heterocycles. The molecule has 0 N–H and O–H groups in total. The van der Waals surface area contributed by atoms with E-state index >= 15 is 0 Å². The summed E-state index contributed by atoms with van der Waals surface area (Å²) < 4.78 is 22.9. The maximum atomic E-state index is 11.5. The maximum Gasteiger partial charge on any atom is 0.153 e. The van der Waals surface area contributed by atoms with E-state index in [2.05, 4.69) is 16.9 Å². The molecule has 0 aromatic carbocycles. The van der Waals surface area contributed by atoms with Crippen LogP contribution in [0.1, 0.15) is 24.7 Å². The molecule has 0 aliphatic carbocycles. The molecule has 2 rings (SSSR count). The Labute approximate surface area is 118 Å². The summed E-state index contributed by atoms with van der Waals surface area (Å²) in [5.74, 6) is 1.86. The van der Waals surface area contributed by atoms with Crippen LogP contribution in [0, 0.1) is 6.92 Å². The van der Waals surface area contributed by atoms with E-state index in [1.807, 2.05) is 11.8 Å². The van der Waals surface area contributed by atoms with Gasteiger partial charge < -0.3 is 4.90 Å². The molecule has 106 valence electrons. The number of aryl methyl sites for hydroxylation is 1. The summed E-state index contributed by atoms with van der Waals surface area (Å²) in [6.45, 7) is 4.88. The van der Waals surface area contributed by atoms with Crippen molar-refractivity contribution in [1.82, 2.24) is 9.97 Å². The van der Waals surface area contributed by atoms with Crippen LogP contribution in [0.25, 0.3) is 0 Å². The van der Waals surface area contributed by atoms with Crippen LogP contribution in [0.3, 0.4) is 0 Å². The molecule has 1 aliphatic rings. The van der Waals surface area contributed by atoms with Crippen LogP contribution in [0.2, 0.25) is 5.15 Å². The Morgan fingerprint density at radius 2 is 1.89 bits per heavy atom. The summed E-state index contributed by atoms with van der Waals surface area (Å²) in [7, 11) is -2.89. The second-order valence-corrected chi connectivity index (χ2v) is 7.43. The Kier molecular flexibility index (Phi) is 4.30. The minimum absolute atomic E-state index is 0.178. The summed E-state index contributed by atoms with van der Waals surface area (Å²) >= 11 is 6.13. The third-order valence-electron chi connectivity index (χ3n) is 3.22. The molecule has 1 aromatic rings. The fraction of sp³-hybridized carbons (Fsp3) is 0.667. The molecular weight excluding hydrogens is 286 g/mol. The Morgan fingerprint density at radius 1 is 1.26 bits per heavy atom. The highest BCUT2D eigenvalue weighted by molar-refractivity contribution is 7.91. The Bertz CT molecular complexity index is 561. The van der Waals surface area contributed by atoms with Crippen LogP contribution in [-0.4, -0.2) is 43.0 Å². The van der Waals surface area contributed by atoms with Gasteiger partial charge in [-0.15, -0.1) is 0 Å². The first-order valence-corrected chi connectivity index (χ1v) is 8.61. The van der Waals surface area contributed by atoms with Gasteiger partial charge in [0.05, 0.1) is 11.5 Å². The number of halogens is 1. The van der Waals surface area contributed by atoms with Crippen LogP contribution in [0.15, 0.2) is 0 Å². The van der Waals surface area contributed by atoms with E-state index in [-0.39, 0.29) is 11.5 Å². The molecule has 0 amide bonds. The SMILES string of the molecule is CCCc1nc(Cl)c(C)c(N2CCS(=O)(=O)CC2)n1. The number of hydrogen-bond acceptors (Lipinski definition) is 5. The second kappa shape index (κ2) is 5.63. The number of nitrogens with zero attached hydrogens (tertiary/aromatic N) is 3. The lowest BCUT2D eigenvalue weighted by Crippen LogP contribution is -2.41. The zero-order chi connectivity index (χ0) is 14.0. The van der Waals surface area contributed by atoms with Crippen molar-refractivity contribution in [2.24, 2.45) is 0 Å². The van der Waals surface area contributed by atoms with Gasteiger partial charge in [0.1, 0.15) is 16.8 Å². The first-order chi connectivity index (χ1) is 8.93. The first kappa shape index (κ1) is 14.5. The summed E-state index contributed by atoms with van der Waals surface area (Å²) in [6.07, 6.45) is 1.73. The van der Waals surface area contributed by atoms with Crippen molar-refractivity contribution >= 4 is 27.3 Å². The zero-order valence-corrected chi connectivity index (χ0v) is 12.8. The molecule has 0 saturated carbocycles. The van der Waals surface area contributed by atoms with E-state index in [0.717, 1.165) is 30.0 Å². The van der Waals surface area contributed by atoms with E-state index in [9.17, 15) is 8.42 Å². The highest BCUT2D eigenvalue weighted by atomic mass is 35.5. The number of anilines is 1. The van der Waals surface area contributed by atoms with Crippen molar-refractivity contribution in [3.05, 3.63) is 16.5 Å². The van der Waals surface area contributed by atoms with Crippen molar-refractivity contribution in [2.45, 2.75) is 26.7 Å². The van der Waals surface area contributed by atoms with Crippen LogP contribution in [-0.2, 0) is 16.3 Å². The fourth-order valence-corrected chi connectivity index (χ4v) is 3.47. The summed E-state index contributed by atoms with van der Waals surface area (Å²) in [4.78, 5) is 10.8. The zero-order valence-electron chi connectivity index (χ0n) is 11.2. The fourth-order valence-electron chi connectivity index (χ4n) is 2.09. The summed E-state index contributed by atoms with van der Waals surface area (Å²) in [6, 6.07) is 0. The van der Waals surface area contributed by atoms with E-state index in [4.69, 9.17) is 11.6 Å². The van der Waals surface area contributed by atoms with Crippen molar-refractivity contribution < 1.29 is 8.42 Å². The third-order valence-corrected chi connectivity index (χ3v) is 5.20. The Hall–Kier alpha value is -0.880. The topological polar surface area (TPSA) is 63.2 Å². The minimum atomic E-state index is -2.89. The molecule has 19 heavy (non-hydrogen) atoms. The highest BCUT2D eigenvalue weighted by Gasteiger charge is 2.24. The van der Waals surface area contributed by atoms with Gasteiger partial charge in [-0.25, -0.2) is 18.4 Å². The monoisotopic (exact) mass is 303 g/mol. The quantitative estimate of drug-likeness (QED) is 0.794. The van der Waals surface area contributed by atoms with Crippen LogP contribution in [0.4, 0.5) is 5.82 Å². The number of hydrogen-bond donors (Lipinski definition) is 0. The molecule has 0 bridgehead atoms. The maximum absolute atomic E-state index is 11.5. The van der Waals surface area contributed by atoms with Crippen molar-refractivity contribution in [3.63, 3.8) is 0 Å². The van der Waals surface area contributed by atoms with Crippen molar-refractivity contribution in [1.29, 1.82) is 0 Å². The van der Waals surface area contributed by atoms with Gasteiger partial charge in [0.15, 0.2) is 9.84 Å². The normalized spacial score (nSPS) is 18.6. The van der Waals surface area contributed by atoms with Gasteiger partial charge in [-0.3, -0.25) is 0 Å². The van der Waals surface area contributed by atoms with Gasteiger partial charge in [-0.2, -0.15) is 0 Å². The van der Waals surface area contributed by atoms with Gasteiger partial charge in [0, 0.05) is 25.1 Å². The van der Waals surface area contributed by atoms with Gasteiger partial charge in [0.2, 0.25) is 0 Å². The average molecular weight is 304 g/mol. The molecule has 0 spiro atoms. The average Bonchev–Trinajstić information content (AvgIpc) is 2.34. The predicted molar refractivity (Wildman–Crippen MR) is 76.6 cm³/mol. The number of sulfone groups is 1. The molecule has 5 nitrogen and oxygen atoms in total. The lowest BCUT2D eigenvalue weighted by Gasteiger charge is -2.29. The molecule has 0 atom stereocenters. The second-order valence-electron chi connectivity index (χ2n) is 4.77. The van der Waals surface area contributed by atoms with Crippen LogP contribution < -0.4 is 4.90 Å². The van der Waals surface area contributed by atoms with Crippen LogP contribution in [0.5, 0.6) is 0 Å². The van der Waals surface area contributed by atoms with Gasteiger partial charge in [-0.1, -0.05) is 18.5 Å². The molecule has 7 heteroatoms. The first-order valence-electron chi connectivity index (χ1n) is 6.41. The molecule has 0 unspecified atom stereocenters. The molecule has 1 fully saturated rings.